The van der Waals surface area contributed by atoms with Crippen molar-refractivity contribution in [1.29, 1.82) is 0 Å². The number of thiophene rings is 1. The fourth-order valence-electron chi connectivity index (χ4n) is 1.71. The molecule has 2 aromatic heterocycles. The van der Waals surface area contributed by atoms with Crippen LogP contribution in [0, 0.1) is 0 Å². The van der Waals surface area contributed by atoms with E-state index in [1.54, 1.807) is 15.9 Å². The van der Waals surface area contributed by atoms with Crippen molar-refractivity contribution in [2.45, 2.75) is 38.0 Å². The highest BCUT2D eigenvalue weighted by Gasteiger charge is 2.11. The van der Waals surface area contributed by atoms with Gasteiger partial charge in [0.25, 0.3) is 0 Å². The molecule has 0 atom stereocenters. The van der Waals surface area contributed by atoms with Gasteiger partial charge >= 0.3 is 5.69 Å². The lowest BCUT2D eigenvalue weighted by Gasteiger charge is -2.05. The van der Waals surface area contributed by atoms with E-state index in [1.807, 2.05) is 17.5 Å². The van der Waals surface area contributed by atoms with Gasteiger partial charge in [-0.05, 0) is 17.9 Å². The summed E-state index contributed by atoms with van der Waals surface area (Å²) in [6.07, 6.45) is 1.92. The molecule has 0 aromatic carbocycles. The van der Waals surface area contributed by atoms with E-state index in [0.717, 1.165) is 17.7 Å². The van der Waals surface area contributed by atoms with E-state index in [0.29, 0.717) is 18.2 Å². The summed E-state index contributed by atoms with van der Waals surface area (Å²) in [6, 6.07) is 3.94. The third kappa shape index (κ3) is 4.75. The molecule has 2 rings (SSSR count). The SMILES string of the molecule is CCCCn1c(SCC(=O)NCc2cccs2)n[nH]c1=O. The highest BCUT2D eigenvalue weighted by atomic mass is 32.2. The monoisotopic (exact) mass is 326 g/mol. The van der Waals surface area contributed by atoms with Gasteiger partial charge in [0.1, 0.15) is 0 Å². The summed E-state index contributed by atoms with van der Waals surface area (Å²) in [6.45, 7) is 3.24. The Hall–Kier alpha value is -1.54. The normalized spacial score (nSPS) is 10.7. The number of hydrogen-bond donors (Lipinski definition) is 2. The van der Waals surface area contributed by atoms with Crippen molar-refractivity contribution in [3.63, 3.8) is 0 Å². The maximum atomic E-state index is 11.8. The number of aromatic amines is 1. The van der Waals surface area contributed by atoms with Crippen LogP contribution in [-0.4, -0.2) is 26.4 Å². The first-order chi connectivity index (χ1) is 10.2. The molecule has 114 valence electrons. The molecule has 2 heterocycles. The highest BCUT2D eigenvalue weighted by molar-refractivity contribution is 7.99. The van der Waals surface area contributed by atoms with Gasteiger partial charge in [-0.1, -0.05) is 31.2 Å². The van der Waals surface area contributed by atoms with Crippen LogP contribution in [-0.2, 0) is 17.9 Å². The van der Waals surface area contributed by atoms with Crippen LogP contribution in [0.1, 0.15) is 24.6 Å². The number of thioether (sulfide) groups is 1. The average molecular weight is 326 g/mol. The van der Waals surface area contributed by atoms with Crippen LogP contribution in [0.15, 0.2) is 27.5 Å². The van der Waals surface area contributed by atoms with E-state index in [4.69, 9.17) is 0 Å². The van der Waals surface area contributed by atoms with Gasteiger partial charge in [0, 0.05) is 11.4 Å². The fraction of sp³-hybridized carbons (Fsp3) is 0.462. The lowest BCUT2D eigenvalue weighted by molar-refractivity contribution is -0.118. The summed E-state index contributed by atoms with van der Waals surface area (Å²) >= 11 is 2.89. The van der Waals surface area contributed by atoms with Crippen molar-refractivity contribution < 1.29 is 4.79 Å². The van der Waals surface area contributed by atoms with Crippen molar-refractivity contribution in [2.24, 2.45) is 0 Å². The fourth-order valence-corrected chi connectivity index (χ4v) is 3.15. The Morgan fingerprint density at radius 3 is 3.14 bits per heavy atom. The minimum Gasteiger partial charge on any atom is -0.350 e. The number of rotatable bonds is 8. The molecule has 0 bridgehead atoms. The summed E-state index contributed by atoms with van der Waals surface area (Å²) in [5, 5.41) is 11.8. The molecule has 2 N–H and O–H groups in total. The van der Waals surface area contributed by atoms with Crippen molar-refractivity contribution >= 4 is 29.0 Å². The van der Waals surface area contributed by atoms with Gasteiger partial charge in [0.2, 0.25) is 5.91 Å². The summed E-state index contributed by atoms with van der Waals surface area (Å²) < 4.78 is 1.58. The molecule has 8 heteroatoms. The minimum atomic E-state index is -0.218. The molecule has 21 heavy (non-hydrogen) atoms. The Balaban J connectivity index is 1.82. The van der Waals surface area contributed by atoms with E-state index < -0.39 is 0 Å². The first-order valence-corrected chi connectivity index (χ1v) is 8.64. The number of unbranched alkanes of at least 4 members (excludes halogenated alkanes) is 1. The molecule has 0 radical (unpaired) electrons. The zero-order valence-electron chi connectivity index (χ0n) is 11.8. The second-order valence-electron chi connectivity index (χ2n) is 4.46. The number of aromatic nitrogens is 3. The quantitative estimate of drug-likeness (QED) is 0.726. The third-order valence-electron chi connectivity index (χ3n) is 2.83. The Kier molecular flexibility index (Phi) is 6.06. The van der Waals surface area contributed by atoms with Crippen molar-refractivity contribution in [2.75, 3.05) is 5.75 Å². The number of hydrogen-bond acceptors (Lipinski definition) is 5. The predicted octanol–water partition coefficient (Wildman–Crippen LogP) is 1.84. The standard InChI is InChI=1S/C13H18N4O2S2/c1-2-3-6-17-12(19)15-16-13(17)21-9-11(18)14-8-10-5-4-7-20-10/h4-5,7H,2-3,6,8-9H2,1H3,(H,14,18)(H,15,19). The molecule has 6 nitrogen and oxygen atoms in total. The van der Waals surface area contributed by atoms with Crippen LogP contribution in [0.25, 0.3) is 0 Å². The first kappa shape index (κ1) is 15.8. The van der Waals surface area contributed by atoms with Gasteiger partial charge in [0.15, 0.2) is 5.16 Å². The van der Waals surface area contributed by atoms with Crippen LogP contribution in [0.3, 0.4) is 0 Å². The largest absolute Gasteiger partial charge is 0.350 e. The zero-order chi connectivity index (χ0) is 15.1. The topological polar surface area (TPSA) is 79.8 Å². The Bertz CT molecular complexity index is 618. The molecule has 0 unspecified atom stereocenters. The lowest BCUT2D eigenvalue weighted by Crippen LogP contribution is -2.24. The van der Waals surface area contributed by atoms with E-state index in [2.05, 4.69) is 22.4 Å². The first-order valence-electron chi connectivity index (χ1n) is 6.77. The Morgan fingerprint density at radius 2 is 2.43 bits per heavy atom. The highest BCUT2D eigenvalue weighted by Crippen LogP contribution is 2.13. The lowest BCUT2D eigenvalue weighted by atomic mass is 10.3. The maximum absolute atomic E-state index is 11.8. The molecule has 0 aliphatic rings. The smallest absolute Gasteiger partial charge is 0.343 e. The van der Waals surface area contributed by atoms with Crippen molar-refractivity contribution in [3.8, 4) is 0 Å². The maximum Gasteiger partial charge on any atom is 0.343 e. The number of nitrogens with zero attached hydrogens (tertiary/aromatic N) is 2. The number of nitrogens with one attached hydrogen (secondary N) is 2. The van der Waals surface area contributed by atoms with Gasteiger partial charge in [-0.2, -0.15) is 0 Å². The summed E-state index contributed by atoms with van der Waals surface area (Å²) in [5.74, 6) is 0.188. The van der Waals surface area contributed by atoms with Gasteiger partial charge in [-0.3, -0.25) is 9.36 Å². The van der Waals surface area contributed by atoms with Crippen molar-refractivity contribution in [3.05, 3.63) is 32.9 Å². The molecule has 0 aliphatic carbocycles. The van der Waals surface area contributed by atoms with Crippen LogP contribution in [0.4, 0.5) is 0 Å². The average Bonchev–Trinajstić information content (AvgIpc) is 3.11. The minimum absolute atomic E-state index is 0.0640. The molecule has 0 saturated carbocycles. The molecular formula is C13H18N4O2S2. The molecule has 1 amide bonds. The number of carbonyl (C=O) groups is 1. The molecule has 0 aliphatic heterocycles. The molecule has 2 aromatic rings. The Morgan fingerprint density at radius 1 is 1.57 bits per heavy atom. The van der Waals surface area contributed by atoms with Crippen LogP contribution in [0.5, 0.6) is 0 Å². The third-order valence-corrected chi connectivity index (χ3v) is 4.68. The zero-order valence-corrected chi connectivity index (χ0v) is 13.4. The van der Waals surface area contributed by atoms with Crippen LogP contribution >= 0.6 is 23.1 Å². The second-order valence-corrected chi connectivity index (χ2v) is 6.44. The number of carbonyl (C=O) groups excluding carboxylic acids is 1. The second kappa shape index (κ2) is 8.04. The van der Waals surface area contributed by atoms with E-state index in [1.165, 1.54) is 11.8 Å². The molecule has 0 saturated heterocycles. The van der Waals surface area contributed by atoms with Gasteiger partial charge in [-0.15, -0.1) is 16.4 Å². The van der Waals surface area contributed by atoms with Gasteiger partial charge in [-0.25, -0.2) is 9.89 Å². The summed E-state index contributed by atoms with van der Waals surface area (Å²) in [7, 11) is 0. The van der Waals surface area contributed by atoms with Gasteiger partial charge < -0.3 is 5.32 Å². The van der Waals surface area contributed by atoms with E-state index in [9.17, 15) is 9.59 Å². The Labute approximate surface area is 131 Å². The predicted molar refractivity (Wildman–Crippen MR) is 84.6 cm³/mol. The molecule has 0 fully saturated rings. The van der Waals surface area contributed by atoms with E-state index in [-0.39, 0.29) is 17.3 Å². The number of H-pyrrole nitrogens is 1. The molecule has 0 spiro atoms. The van der Waals surface area contributed by atoms with Gasteiger partial charge in [0.05, 0.1) is 12.3 Å². The number of amides is 1. The van der Waals surface area contributed by atoms with Crippen molar-refractivity contribution in [1.82, 2.24) is 20.1 Å². The van der Waals surface area contributed by atoms with Crippen LogP contribution < -0.4 is 11.0 Å². The van der Waals surface area contributed by atoms with Crippen LogP contribution in [0.2, 0.25) is 0 Å². The summed E-state index contributed by atoms with van der Waals surface area (Å²) in [5.41, 5.74) is -0.218. The van der Waals surface area contributed by atoms with E-state index >= 15 is 0 Å². The molecular weight excluding hydrogens is 308 g/mol. The summed E-state index contributed by atoms with van der Waals surface area (Å²) in [4.78, 5) is 24.5.